The molecule has 3 atom stereocenters. The van der Waals surface area contributed by atoms with Gasteiger partial charge in [0.2, 0.25) is 11.8 Å². The molecule has 0 unspecified atom stereocenters. The Morgan fingerprint density at radius 2 is 2.14 bits per heavy atom. The lowest BCUT2D eigenvalue weighted by molar-refractivity contribution is -0.138. The molecule has 2 amide bonds. The van der Waals surface area contributed by atoms with E-state index in [1.807, 2.05) is 21.8 Å². The van der Waals surface area contributed by atoms with Crippen molar-refractivity contribution in [1.29, 1.82) is 0 Å². The van der Waals surface area contributed by atoms with Crippen LogP contribution in [-0.4, -0.2) is 57.8 Å². The van der Waals surface area contributed by atoms with Crippen molar-refractivity contribution in [3.8, 4) is 0 Å². The summed E-state index contributed by atoms with van der Waals surface area (Å²) >= 11 is 0. The van der Waals surface area contributed by atoms with Crippen molar-refractivity contribution in [3.05, 3.63) is 18.5 Å². The molecule has 1 saturated heterocycles. The topological polar surface area (TPSA) is 76.5 Å². The van der Waals surface area contributed by atoms with Gasteiger partial charge in [-0.15, -0.1) is 0 Å². The molecule has 7 nitrogen and oxygen atoms in total. The van der Waals surface area contributed by atoms with Gasteiger partial charge in [0.1, 0.15) is 0 Å². The third kappa shape index (κ3) is 3.81. The van der Waals surface area contributed by atoms with E-state index < -0.39 is 0 Å². The SMILES string of the molecule is CO[C@@]12CC[C@@H](NC(=O)C3CCC3)C[C@@H]1N(C(=O)CCCn1cccn1)CC2. The number of carbonyl (C=O) groups is 2. The smallest absolute Gasteiger partial charge is 0.223 e. The predicted octanol–water partition coefficient (Wildman–Crippen LogP) is 2.12. The molecule has 0 aromatic carbocycles. The van der Waals surface area contributed by atoms with Gasteiger partial charge in [-0.05, 0) is 51.0 Å². The lowest BCUT2D eigenvalue weighted by Crippen LogP contribution is -2.56. The molecule has 1 aliphatic heterocycles. The van der Waals surface area contributed by atoms with Gasteiger partial charge in [-0.3, -0.25) is 14.3 Å². The first kappa shape index (κ1) is 19.4. The molecule has 1 N–H and O–H groups in total. The summed E-state index contributed by atoms with van der Waals surface area (Å²) in [5, 5.41) is 7.45. The molecule has 1 aromatic heterocycles. The zero-order valence-corrected chi connectivity index (χ0v) is 16.8. The highest BCUT2D eigenvalue weighted by Gasteiger charge is 2.52. The maximum atomic E-state index is 12.9. The number of ether oxygens (including phenoxy) is 1. The number of aromatic nitrogens is 2. The van der Waals surface area contributed by atoms with Crippen molar-refractivity contribution >= 4 is 11.8 Å². The molecule has 0 spiro atoms. The fraction of sp³-hybridized carbons (Fsp3) is 0.762. The molecule has 3 aliphatic rings. The number of nitrogens with zero attached hydrogens (tertiary/aromatic N) is 3. The highest BCUT2D eigenvalue weighted by Crippen LogP contribution is 2.43. The number of methoxy groups -OCH3 is 1. The minimum Gasteiger partial charge on any atom is -0.376 e. The van der Waals surface area contributed by atoms with Crippen LogP contribution in [0.25, 0.3) is 0 Å². The number of aryl methyl sites for hydroxylation is 1. The summed E-state index contributed by atoms with van der Waals surface area (Å²) in [5.74, 6) is 0.607. The van der Waals surface area contributed by atoms with Crippen LogP contribution in [0.4, 0.5) is 0 Å². The van der Waals surface area contributed by atoms with Crippen LogP contribution in [0.2, 0.25) is 0 Å². The number of likely N-dealkylation sites (tertiary alicyclic amines) is 1. The van der Waals surface area contributed by atoms with Gasteiger partial charge in [-0.25, -0.2) is 0 Å². The van der Waals surface area contributed by atoms with Crippen LogP contribution in [0.5, 0.6) is 0 Å². The molecular weight excluding hydrogens is 356 g/mol. The second kappa shape index (κ2) is 8.23. The van der Waals surface area contributed by atoms with E-state index in [0.717, 1.165) is 58.0 Å². The maximum Gasteiger partial charge on any atom is 0.223 e. The van der Waals surface area contributed by atoms with E-state index >= 15 is 0 Å². The average Bonchev–Trinajstić information content (AvgIpc) is 3.28. The quantitative estimate of drug-likeness (QED) is 0.776. The van der Waals surface area contributed by atoms with Crippen molar-refractivity contribution in [2.45, 2.75) is 82.0 Å². The summed E-state index contributed by atoms with van der Waals surface area (Å²) in [6.07, 6.45) is 11.7. The highest BCUT2D eigenvalue weighted by molar-refractivity contribution is 5.80. The van der Waals surface area contributed by atoms with E-state index in [1.54, 1.807) is 13.3 Å². The highest BCUT2D eigenvalue weighted by atomic mass is 16.5. The lowest BCUT2D eigenvalue weighted by Gasteiger charge is -2.44. The zero-order valence-electron chi connectivity index (χ0n) is 16.8. The summed E-state index contributed by atoms with van der Waals surface area (Å²) in [4.78, 5) is 27.3. The summed E-state index contributed by atoms with van der Waals surface area (Å²) in [7, 11) is 1.77. The molecule has 2 aliphatic carbocycles. The first-order valence-corrected chi connectivity index (χ1v) is 10.7. The molecule has 154 valence electrons. The summed E-state index contributed by atoms with van der Waals surface area (Å²) < 4.78 is 7.82. The molecule has 0 bridgehead atoms. The van der Waals surface area contributed by atoms with Crippen molar-refractivity contribution in [3.63, 3.8) is 0 Å². The Labute approximate surface area is 166 Å². The van der Waals surface area contributed by atoms with Gasteiger partial charge in [-0.1, -0.05) is 6.42 Å². The van der Waals surface area contributed by atoms with Crippen molar-refractivity contribution in [1.82, 2.24) is 20.0 Å². The van der Waals surface area contributed by atoms with E-state index in [4.69, 9.17) is 4.74 Å². The number of hydrogen-bond donors (Lipinski definition) is 1. The summed E-state index contributed by atoms with van der Waals surface area (Å²) in [5.41, 5.74) is -0.241. The van der Waals surface area contributed by atoms with Gasteiger partial charge in [-0.2, -0.15) is 5.10 Å². The summed E-state index contributed by atoms with van der Waals surface area (Å²) in [6, 6.07) is 2.11. The van der Waals surface area contributed by atoms with Crippen molar-refractivity contribution in [2.24, 2.45) is 5.92 Å². The van der Waals surface area contributed by atoms with Crippen molar-refractivity contribution < 1.29 is 14.3 Å². The first-order chi connectivity index (χ1) is 13.6. The van der Waals surface area contributed by atoms with Gasteiger partial charge in [0.15, 0.2) is 0 Å². The van der Waals surface area contributed by atoms with Crippen LogP contribution in [0, 0.1) is 5.92 Å². The van der Waals surface area contributed by atoms with Crippen molar-refractivity contribution in [2.75, 3.05) is 13.7 Å². The summed E-state index contributed by atoms with van der Waals surface area (Å²) in [6.45, 7) is 1.51. The number of carbonyl (C=O) groups excluding carboxylic acids is 2. The number of amides is 2. The predicted molar refractivity (Wildman–Crippen MR) is 104 cm³/mol. The fourth-order valence-electron chi connectivity index (χ4n) is 5.08. The minimum atomic E-state index is -0.241. The Morgan fingerprint density at radius 1 is 1.29 bits per heavy atom. The minimum absolute atomic E-state index is 0.0649. The van der Waals surface area contributed by atoms with Gasteiger partial charge < -0.3 is 15.0 Å². The van der Waals surface area contributed by atoms with Gasteiger partial charge >= 0.3 is 0 Å². The molecule has 4 rings (SSSR count). The Balaban J connectivity index is 1.34. The monoisotopic (exact) mass is 388 g/mol. The van der Waals surface area contributed by atoms with E-state index in [-0.39, 0.29) is 35.4 Å². The number of hydrogen-bond acceptors (Lipinski definition) is 4. The van der Waals surface area contributed by atoms with E-state index in [1.165, 1.54) is 6.42 Å². The third-order valence-electron chi connectivity index (χ3n) is 7.07. The molecule has 7 heteroatoms. The Kier molecular flexibility index (Phi) is 5.71. The van der Waals surface area contributed by atoms with E-state index in [2.05, 4.69) is 10.4 Å². The second-order valence-corrected chi connectivity index (χ2v) is 8.60. The number of fused-ring (bicyclic) bond motifs is 1. The first-order valence-electron chi connectivity index (χ1n) is 10.7. The number of nitrogens with one attached hydrogen (secondary N) is 1. The third-order valence-corrected chi connectivity index (χ3v) is 7.07. The number of rotatable bonds is 7. The molecule has 0 radical (unpaired) electrons. The molecule has 28 heavy (non-hydrogen) atoms. The van der Waals surface area contributed by atoms with Crippen LogP contribution in [0.3, 0.4) is 0 Å². The Morgan fingerprint density at radius 3 is 2.82 bits per heavy atom. The standard InChI is InChI=1S/C21H32N4O3/c1-28-21-9-8-17(23-20(27)16-5-2-6-16)15-18(21)25(14-10-21)19(26)7-3-12-24-13-4-11-22-24/h4,11,13,16-18H,2-3,5-10,12,14-15H2,1H3,(H,23,27)/t17-,18+,21-/m1/s1. The molecule has 2 saturated carbocycles. The molecule has 3 fully saturated rings. The average molecular weight is 389 g/mol. The maximum absolute atomic E-state index is 12.9. The van der Waals surface area contributed by atoms with Crippen LogP contribution in [0.15, 0.2) is 18.5 Å². The van der Waals surface area contributed by atoms with E-state index in [0.29, 0.717) is 6.42 Å². The van der Waals surface area contributed by atoms with Crippen LogP contribution < -0.4 is 5.32 Å². The van der Waals surface area contributed by atoms with E-state index in [9.17, 15) is 9.59 Å². The lowest BCUT2D eigenvalue weighted by atomic mass is 9.77. The van der Waals surface area contributed by atoms with Crippen LogP contribution in [0.1, 0.15) is 57.8 Å². The van der Waals surface area contributed by atoms with Gasteiger partial charge in [0.05, 0.1) is 11.6 Å². The second-order valence-electron chi connectivity index (χ2n) is 8.60. The normalized spacial score (nSPS) is 30.0. The van der Waals surface area contributed by atoms with Gasteiger partial charge in [0.25, 0.3) is 0 Å². The molecule has 1 aromatic rings. The van der Waals surface area contributed by atoms with Crippen LogP contribution >= 0.6 is 0 Å². The molecular formula is C21H32N4O3. The molecule has 2 heterocycles. The Hall–Kier alpha value is -1.89. The largest absolute Gasteiger partial charge is 0.376 e. The van der Waals surface area contributed by atoms with Crippen LogP contribution in [-0.2, 0) is 20.9 Å². The van der Waals surface area contributed by atoms with Gasteiger partial charge in [0, 0.05) is 51.0 Å². The fourth-order valence-corrected chi connectivity index (χ4v) is 5.08. The zero-order chi connectivity index (χ0) is 19.6. The Bertz CT molecular complexity index is 688.